The summed E-state index contributed by atoms with van der Waals surface area (Å²) in [6.07, 6.45) is -2.76. The molecule has 0 spiro atoms. The summed E-state index contributed by atoms with van der Waals surface area (Å²) in [5.41, 5.74) is 0.636. The van der Waals surface area contributed by atoms with Crippen LogP contribution < -0.4 is 10.1 Å². The molecule has 1 aromatic rings. The van der Waals surface area contributed by atoms with E-state index in [0.717, 1.165) is 19.4 Å². The number of alkyl halides is 3. The number of hydrogen-bond acceptors (Lipinski definition) is 2. The van der Waals surface area contributed by atoms with Crippen LogP contribution >= 0.6 is 0 Å². The van der Waals surface area contributed by atoms with Crippen LogP contribution in [0.25, 0.3) is 0 Å². The van der Waals surface area contributed by atoms with Gasteiger partial charge in [0.1, 0.15) is 5.75 Å². The van der Waals surface area contributed by atoms with Crippen LogP contribution in [0.4, 0.5) is 13.2 Å². The summed E-state index contributed by atoms with van der Waals surface area (Å²) >= 11 is 0. The van der Waals surface area contributed by atoms with E-state index in [2.05, 4.69) is 10.1 Å². The Morgan fingerprint density at radius 2 is 2.00 bits per heavy atom. The van der Waals surface area contributed by atoms with Gasteiger partial charge in [0, 0.05) is 12.5 Å². The molecule has 17 heavy (non-hydrogen) atoms. The molecule has 1 aromatic carbocycles. The number of piperidine rings is 1. The van der Waals surface area contributed by atoms with Gasteiger partial charge in [-0.3, -0.25) is 0 Å². The Morgan fingerprint density at radius 1 is 1.24 bits per heavy atom. The lowest BCUT2D eigenvalue weighted by Gasteiger charge is -2.25. The lowest BCUT2D eigenvalue weighted by atomic mass is 9.91. The maximum Gasteiger partial charge on any atom is 0.573 e. The fourth-order valence-electron chi connectivity index (χ4n) is 2.15. The fraction of sp³-hybridized carbons (Fsp3) is 0.500. The molecule has 0 aliphatic carbocycles. The third-order valence-electron chi connectivity index (χ3n) is 2.88. The normalized spacial score (nSPS) is 21.2. The summed E-state index contributed by atoms with van der Waals surface area (Å²) < 4.78 is 40.8. The molecule has 1 heterocycles. The number of halogens is 3. The van der Waals surface area contributed by atoms with Crippen molar-refractivity contribution in [3.8, 4) is 5.75 Å². The molecule has 1 aliphatic rings. The zero-order chi connectivity index (χ0) is 12.3. The first-order valence-corrected chi connectivity index (χ1v) is 5.61. The van der Waals surface area contributed by atoms with Crippen LogP contribution in [-0.2, 0) is 0 Å². The second-order valence-electron chi connectivity index (χ2n) is 4.13. The van der Waals surface area contributed by atoms with Crippen LogP contribution in [0.2, 0.25) is 0 Å². The molecule has 0 amide bonds. The SMILES string of the molecule is FC(F)(F)Oc1ccccc1C1CCCNC1. The first-order valence-electron chi connectivity index (χ1n) is 5.61. The Morgan fingerprint density at radius 3 is 2.65 bits per heavy atom. The van der Waals surface area contributed by atoms with Gasteiger partial charge < -0.3 is 10.1 Å². The average molecular weight is 245 g/mol. The molecule has 1 N–H and O–H groups in total. The molecule has 2 rings (SSSR count). The predicted molar refractivity (Wildman–Crippen MR) is 58.0 cm³/mol. The molecule has 5 heteroatoms. The third kappa shape index (κ3) is 3.36. The summed E-state index contributed by atoms with van der Waals surface area (Å²) in [7, 11) is 0. The van der Waals surface area contributed by atoms with Gasteiger partial charge >= 0.3 is 6.36 Å². The van der Waals surface area contributed by atoms with Crippen molar-refractivity contribution in [2.75, 3.05) is 13.1 Å². The zero-order valence-electron chi connectivity index (χ0n) is 9.26. The summed E-state index contributed by atoms with van der Waals surface area (Å²) in [5.74, 6) is 0.0241. The molecular formula is C12H14F3NO. The monoisotopic (exact) mass is 245 g/mol. The van der Waals surface area contributed by atoms with Gasteiger partial charge in [0.2, 0.25) is 0 Å². The van der Waals surface area contributed by atoms with Crippen molar-refractivity contribution in [1.29, 1.82) is 0 Å². The van der Waals surface area contributed by atoms with Crippen molar-refractivity contribution in [3.05, 3.63) is 29.8 Å². The van der Waals surface area contributed by atoms with Gasteiger partial charge in [0.05, 0.1) is 0 Å². The molecule has 0 saturated carbocycles. The standard InChI is InChI=1S/C12H14F3NO/c13-12(14,15)17-11-6-2-1-5-10(11)9-4-3-7-16-8-9/h1-2,5-6,9,16H,3-4,7-8H2. The molecular weight excluding hydrogens is 231 g/mol. The molecule has 1 unspecified atom stereocenters. The molecule has 2 nitrogen and oxygen atoms in total. The maximum atomic E-state index is 12.3. The molecule has 0 bridgehead atoms. The molecule has 94 valence electrons. The van der Waals surface area contributed by atoms with E-state index in [4.69, 9.17) is 0 Å². The minimum absolute atomic E-state index is 0.0753. The number of hydrogen-bond donors (Lipinski definition) is 1. The van der Waals surface area contributed by atoms with Gasteiger partial charge in [-0.1, -0.05) is 18.2 Å². The predicted octanol–water partition coefficient (Wildman–Crippen LogP) is 3.05. The quantitative estimate of drug-likeness (QED) is 0.864. The largest absolute Gasteiger partial charge is 0.573 e. The Labute approximate surface area is 97.8 Å². The van der Waals surface area contributed by atoms with Crippen LogP contribution in [0.1, 0.15) is 24.3 Å². The average Bonchev–Trinajstić information content (AvgIpc) is 2.29. The third-order valence-corrected chi connectivity index (χ3v) is 2.88. The van der Waals surface area contributed by atoms with Crippen molar-refractivity contribution in [1.82, 2.24) is 5.32 Å². The van der Waals surface area contributed by atoms with Gasteiger partial charge in [-0.15, -0.1) is 13.2 Å². The highest BCUT2D eigenvalue weighted by Crippen LogP contribution is 2.33. The minimum Gasteiger partial charge on any atom is -0.405 e. The highest BCUT2D eigenvalue weighted by molar-refractivity contribution is 5.36. The summed E-state index contributed by atoms with van der Waals surface area (Å²) in [4.78, 5) is 0. The molecule has 1 fully saturated rings. The van der Waals surface area contributed by atoms with E-state index in [9.17, 15) is 13.2 Å². The lowest BCUT2D eigenvalue weighted by Crippen LogP contribution is -2.29. The van der Waals surface area contributed by atoms with E-state index in [-0.39, 0.29) is 11.7 Å². The van der Waals surface area contributed by atoms with Gasteiger partial charge in [-0.2, -0.15) is 0 Å². The van der Waals surface area contributed by atoms with Crippen molar-refractivity contribution < 1.29 is 17.9 Å². The lowest BCUT2D eigenvalue weighted by molar-refractivity contribution is -0.275. The number of rotatable bonds is 2. The summed E-state index contributed by atoms with van der Waals surface area (Å²) in [6, 6.07) is 6.38. The van der Waals surface area contributed by atoms with E-state index in [1.54, 1.807) is 18.2 Å². The van der Waals surface area contributed by atoms with E-state index in [1.165, 1.54) is 6.07 Å². The van der Waals surface area contributed by atoms with E-state index in [0.29, 0.717) is 12.1 Å². The smallest absolute Gasteiger partial charge is 0.405 e. The van der Waals surface area contributed by atoms with Crippen LogP contribution in [0.15, 0.2) is 24.3 Å². The Bertz CT molecular complexity index is 372. The van der Waals surface area contributed by atoms with Gasteiger partial charge in [-0.25, -0.2) is 0 Å². The van der Waals surface area contributed by atoms with E-state index in [1.807, 2.05) is 0 Å². The number of benzene rings is 1. The second-order valence-corrected chi connectivity index (χ2v) is 4.13. The molecule has 1 aliphatic heterocycles. The molecule has 0 radical (unpaired) electrons. The molecule has 0 aromatic heterocycles. The summed E-state index contributed by atoms with van der Waals surface area (Å²) in [6.45, 7) is 1.64. The van der Waals surface area contributed by atoms with Gasteiger partial charge in [0.25, 0.3) is 0 Å². The number of ether oxygens (including phenoxy) is 1. The highest BCUT2D eigenvalue weighted by atomic mass is 19.4. The second kappa shape index (κ2) is 4.96. The van der Waals surface area contributed by atoms with Gasteiger partial charge in [-0.05, 0) is 31.0 Å². The molecule has 1 saturated heterocycles. The first kappa shape index (κ1) is 12.2. The van der Waals surface area contributed by atoms with Crippen LogP contribution in [0, 0.1) is 0 Å². The summed E-state index contributed by atoms with van der Waals surface area (Å²) in [5, 5.41) is 3.19. The number of para-hydroxylation sites is 1. The Balaban J connectivity index is 2.20. The first-order chi connectivity index (χ1) is 8.06. The fourth-order valence-corrected chi connectivity index (χ4v) is 2.15. The van der Waals surface area contributed by atoms with Crippen LogP contribution in [0.3, 0.4) is 0 Å². The molecule has 1 atom stereocenters. The van der Waals surface area contributed by atoms with E-state index >= 15 is 0 Å². The Hall–Kier alpha value is -1.23. The van der Waals surface area contributed by atoms with E-state index < -0.39 is 6.36 Å². The van der Waals surface area contributed by atoms with Crippen molar-refractivity contribution in [2.45, 2.75) is 25.1 Å². The topological polar surface area (TPSA) is 21.3 Å². The minimum atomic E-state index is -4.63. The zero-order valence-corrected chi connectivity index (χ0v) is 9.26. The number of nitrogens with one attached hydrogen (secondary N) is 1. The Kier molecular flexibility index (Phi) is 3.57. The maximum absolute atomic E-state index is 12.3. The van der Waals surface area contributed by atoms with Crippen LogP contribution in [0.5, 0.6) is 5.75 Å². The van der Waals surface area contributed by atoms with Crippen molar-refractivity contribution >= 4 is 0 Å². The van der Waals surface area contributed by atoms with Crippen molar-refractivity contribution in [2.24, 2.45) is 0 Å². The van der Waals surface area contributed by atoms with Crippen molar-refractivity contribution in [3.63, 3.8) is 0 Å². The van der Waals surface area contributed by atoms with Gasteiger partial charge in [0.15, 0.2) is 0 Å². The van der Waals surface area contributed by atoms with Crippen LogP contribution in [-0.4, -0.2) is 19.5 Å². The highest BCUT2D eigenvalue weighted by Gasteiger charge is 2.33.